The Kier molecular flexibility index (Phi) is 5.24. The predicted octanol–water partition coefficient (Wildman–Crippen LogP) is 0.476. The number of ether oxygens (including phenoxy) is 1. The fraction of sp³-hybridized carbons (Fsp3) is 0.333. The van der Waals surface area contributed by atoms with Crippen LogP contribution in [0.2, 0.25) is 0 Å². The van der Waals surface area contributed by atoms with Gasteiger partial charge >= 0.3 is 6.18 Å². The smallest absolute Gasteiger partial charge is 0.394 e. The summed E-state index contributed by atoms with van der Waals surface area (Å²) in [5, 5.41) is 22.6. The third-order valence-corrected chi connectivity index (χ3v) is 4.96. The van der Waals surface area contributed by atoms with Crippen LogP contribution in [-0.4, -0.2) is 60.5 Å². The Morgan fingerprint density at radius 2 is 2.06 bits per heavy atom. The Labute approximate surface area is 172 Å². The van der Waals surface area contributed by atoms with Gasteiger partial charge < -0.3 is 26.0 Å². The maximum absolute atomic E-state index is 13.0. The highest BCUT2D eigenvalue weighted by Gasteiger charge is 2.46. The minimum Gasteiger partial charge on any atom is -0.394 e. The standard InChI is InChI=1S/C18H17F3N6O4/c19-18(20,21)9-3-1-2-8(4-9)16(30)26-11-13(29)10(5-28)31-17(11)27-7-25-12-14(22)23-6-24-15(12)27/h1-4,6-7,10-11,13,17,28-29H,5H2,(H,26,30)(H2,22,23,24)/t10-,11-,13-,17-/m1/s1. The molecule has 3 aromatic rings. The Morgan fingerprint density at radius 1 is 1.29 bits per heavy atom. The molecular weight excluding hydrogens is 421 g/mol. The monoisotopic (exact) mass is 438 g/mol. The van der Waals surface area contributed by atoms with E-state index in [9.17, 15) is 28.2 Å². The van der Waals surface area contributed by atoms with Crippen molar-refractivity contribution in [3.05, 3.63) is 48.0 Å². The molecule has 0 saturated carbocycles. The number of hydrogen-bond donors (Lipinski definition) is 4. The molecule has 0 aliphatic carbocycles. The molecule has 1 aliphatic heterocycles. The highest BCUT2D eigenvalue weighted by atomic mass is 19.4. The predicted molar refractivity (Wildman–Crippen MR) is 99.4 cm³/mol. The molecule has 2 aromatic heterocycles. The third kappa shape index (κ3) is 3.78. The zero-order valence-corrected chi connectivity index (χ0v) is 15.7. The molecule has 4 rings (SSSR count). The molecule has 1 fully saturated rings. The number of halogens is 3. The molecule has 31 heavy (non-hydrogen) atoms. The number of nitrogens with one attached hydrogen (secondary N) is 1. The van der Waals surface area contributed by atoms with Crippen molar-refractivity contribution in [2.75, 3.05) is 12.3 Å². The number of alkyl halides is 3. The van der Waals surface area contributed by atoms with E-state index in [0.29, 0.717) is 6.07 Å². The van der Waals surface area contributed by atoms with E-state index in [1.54, 1.807) is 0 Å². The van der Waals surface area contributed by atoms with Gasteiger partial charge in [0.05, 0.1) is 18.5 Å². The van der Waals surface area contributed by atoms with Gasteiger partial charge in [-0.1, -0.05) is 6.07 Å². The van der Waals surface area contributed by atoms with Crippen LogP contribution < -0.4 is 11.1 Å². The molecule has 0 radical (unpaired) electrons. The average molecular weight is 438 g/mol. The van der Waals surface area contributed by atoms with Gasteiger partial charge in [-0.15, -0.1) is 0 Å². The number of rotatable bonds is 4. The molecule has 1 aromatic carbocycles. The lowest BCUT2D eigenvalue weighted by molar-refractivity contribution is -0.137. The number of aromatic nitrogens is 4. The van der Waals surface area contributed by atoms with E-state index in [1.807, 2.05) is 0 Å². The quantitative estimate of drug-likeness (QED) is 0.460. The van der Waals surface area contributed by atoms with E-state index in [4.69, 9.17) is 10.5 Å². The lowest BCUT2D eigenvalue weighted by Gasteiger charge is -2.23. The Balaban J connectivity index is 1.66. The summed E-state index contributed by atoms with van der Waals surface area (Å²) < 4.78 is 46.0. The number of benzene rings is 1. The van der Waals surface area contributed by atoms with E-state index < -0.39 is 48.7 Å². The number of amides is 1. The number of imidazole rings is 1. The van der Waals surface area contributed by atoms with Crippen molar-refractivity contribution in [2.24, 2.45) is 0 Å². The largest absolute Gasteiger partial charge is 0.416 e. The third-order valence-electron chi connectivity index (χ3n) is 4.96. The van der Waals surface area contributed by atoms with Gasteiger partial charge in [0.15, 0.2) is 17.7 Å². The van der Waals surface area contributed by atoms with Crippen LogP contribution >= 0.6 is 0 Å². The molecular formula is C18H17F3N6O4. The van der Waals surface area contributed by atoms with E-state index in [0.717, 1.165) is 12.1 Å². The summed E-state index contributed by atoms with van der Waals surface area (Å²) in [5.74, 6) is -0.758. The van der Waals surface area contributed by atoms with E-state index in [1.165, 1.54) is 23.3 Å². The van der Waals surface area contributed by atoms with E-state index in [2.05, 4.69) is 20.3 Å². The number of anilines is 1. The number of carbonyl (C=O) groups excluding carboxylic acids is 1. The van der Waals surface area contributed by atoms with Crippen LogP contribution in [0.3, 0.4) is 0 Å². The summed E-state index contributed by atoms with van der Waals surface area (Å²) in [6.45, 7) is -0.558. The van der Waals surface area contributed by atoms with E-state index >= 15 is 0 Å². The Morgan fingerprint density at radius 3 is 2.77 bits per heavy atom. The van der Waals surface area contributed by atoms with Crippen LogP contribution in [0, 0.1) is 0 Å². The Hall–Kier alpha value is -3.29. The highest BCUT2D eigenvalue weighted by molar-refractivity contribution is 5.94. The molecule has 3 heterocycles. The van der Waals surface area contributed by atoms with Gasteiger partial charge in [0.25, 0.3) is 5.91 Å². The first-order valence-corrected chi connectivity index (χ1v) is 9.06. The minimum atomic E-state index is -4.62. The number of carbonyl (C=O) groups is 1. The van der Waals surface area contributed by atoms with Crippen LogP contribution in [0.25, 0.3) is 11.2 Å². The second kappa shape index (κ2) is 7.76. The molecule has 1 aliphatic rings. The molecule has 0 unspecified atom stereocenters. The van der Waals surface area contributed by atoms with Crippen molar-refractivity contribution in [1.29, 1.82) is 0 Å². The van der Waals surface area contributed by atoms with Crippen molar-refractivity contribution >= 4 is 22.9 Å². The number of nitrogens with two attached hydrogens (primary N) is 1. The molecule has 13 heteroatoms. The second-order valence-electron chi connectivity index (χ2n) is 6.90. The zero-order chi connectivity index (χ0) is 22.3. The van der Waals surface area contributed by atoms with Crippen LogP contribution in [0.15, 0.2) is 36.9 Å². The van der Waals surface area contributed by atoms with Gasteiger partial charge in [-0.25, -0.2) is 15.0 Å². The van der Waals surface area contributed by atoms with Crippen molar-refractivity contribution in [1.82, 2.24) is 24.8 Å². The summed E-state index contributed by atoms with van der Waals surface area (Å²) in [6, 6.07) is 2.74. The first kappa shape index (κ1) is 21.0. The van der Waals surface area contributed by atoms with Gasteiger partial charge in [0, 0.05) is 5.56 Å². The number of nitrogen functional groups attached to an aromatic ring is 1. The zero-order valence-electron chi connectivity index (χ0n) is 15.7. The highest BCUT2D eigenvalue weighted by Crippen LogP contribution is 2.33. The summed E-state index contributed by atoms with van der Waals surface area (Å²) in [7, 11) is 0. The fourth-order valence-electron chi connectivity index (χ4n) is 3.42. The molecule has 164 valence electrons. The van der Waals surface area contributed by atoms with Gasteiger partial charge in [0.2, 0.25) is 0 Å². The molecule has 4 atom stereocenters. The van der Waals surface area contributed by atoms with Crippen molar-refractivity contribution < 1.29 is 32.9 Å². The van der Waals surface area contributed by atoms with Gasteiger partial charge in [0.1, 0.15) is 30.1 Å². The topological polar surface area (TPSA) is 148 Å². The molecule has 0 bridgehead atoms. The van der Waals surface area contributed by atoms with Crippen molar-refractivity contribution in [2.45, 2.75) is 30.7 Å². The number of aliphatic hydroxyl groups excluding tert-OH is 2. The van der Waals surface area contributed by atoms with Gasteiger partial charge in [-0.2, -0.15) is 13.2 Å². The normalized spacial score (nSPS) is 23.9. The second-order valence-corrected chi connectivity index (χ2v) is 6.90. The number of hydrogen-bond acceptors (Lipinski definition) is 8. The summed E-state index contributed by atoms with van der Waals surface area (Å²) in [5.41, 5.74) is 5.04. The van der Waals surface area contributed by atoms with Crippen LogP contribution in [-0.2, 0) is 10.9 Å². The molecule has 1 amide bonds. The summed E-state index contributed by atoms with van der Waals surface area (Å²) in [6.07, 6.45) is -5.60. The molecule has 1 saturated heterocycles. The molecule has 0 spiro atoms. The fourth-order valence-corrected chi connectivity index (χ4v) is 3.42. The maximum Gasteiger partial charge on any atom is 0.416 e. The Bertz CT molecular complexity index is 1120. The van der Waals surface area contributed by atoms with Crippen LogP contribution in [0.4, 0.5) is 19.0 Å². The number of fused-ring (bicyclic) bond motifs is 1. The summed E-state index contributed by atoms with van der Waals surface area (Å²) in [4.78, 5) is 24.7. The van der Waals surface area contributed by atoms with Crippen LogP contribution in [0.1, 0.15) is 22.1 Å². The molecule has 5 N–H and O–H groups in total. The van der Waals surface area contributed by atoms with E-state index in [-0.39, 0.29) is 22.5 Å². The SMILES string of the molecule is Nc1ncnc2c1ncn2[C@@H]1O[C@H](CO)[C@@H](O)[C@H]1NC(=O)c1cccc(C(F)(F)F)c1. The van der Waals surface area contributed by atoms with Crippen molar-refractivity contribution in [3.8, 4) is 0 Å². The number of nitrogens with zero attached hydrogens (tertiary/aromatic N) is 4. The van der Waals surface area contributed by atoms with Gasteiger partial charge in [-0.05, 0) is 18.2 Å². The summed E-state index contributed by atoms with van der Waals surface area (Å²) >= 11 is 0. The lowest BCUT2D eigenvalue weighted by Crippen LogP contribution is -2.46. The average Bonchev–Trinajstić information content (AvgIpc) is 3.30. The van der Waals surface area contributed by atoms with Crippen molar-refractivity contribution in [3.63, 3.8) is 0 Å². The minimum absolute atomic E-state index is 0.102. The first-order chi connectivity index (χ1) is 14.7. The first-order valence-electron chi connectivity index (χ1n) is 9.06. The van der Waals surface area contributed by atoms with Gasteiger partial charge in [-0.3, -0.25) is 9.36 Å². The van der Waals surface area contributed by atoms with Crippen LogP contribution in [0.5, 0.6) is 0 Å². The lowest BCUT2D eigenvalue weighted by atomic mass is 10.1. The molecule has 10 nitrogen and oxygen atoms in total. The number of aliphatic hydroxyl groups is 2. The maximum atomic E-state index is 13.0.